The molecule has 8 heteroatoms. The van der Waals surface area contributed by atoms with Crippen molar-refractivity contribution >= 4 is 5.91 Å². The van der Waals surface area contributed by atoms with Crippen LogP contribution in [0.3, 0.4) is 0 Å². The molecular formula is C17H11F3N4O. The molecule has 0 aliphatic heterocycles. The number of rotatable bonds is 3. The molecule has 0 atom stereocenters. The molecule has 5 nitrogen and oxygen atoms in total. The van der Waals surface area contributed by atoms with Gasteiger partial charge in [0.1, 0.15) is 5.69 Å². The van der Waals surface area contributed by atoms with Crippen molar-refractivity contribution in [1.29, 1.82) is 0 Å². The van der Waals surface area contributed by atoms with Gasteiger partial charge in [-0.1, -0.05) is 12.1 Å². The summed E-state index contributed by atoms with van der Waals surface area (Å²) in [5.41, 5.74) is 5.73. The van der Waals surface area contributed by atoms with Crippen LogP contribution < -0.4 is 5.73 Å². The van der Waals surface area contributed by atoms with Crippen LogP contribution in [0.2, 0.25) is 0 Å². The Bertz CT molecular complexity index is 909. The Labute approximate surface area is 140 Å². The first kappa shape index (κ1) is 16.6. The van der Waals surface area contributed by atoms with Crippen molar-refractivity contribution in [2.45, 2.75) is 6.18 Å². The third kappa shape index (κ3) is 3.63. The highest BCUT2D eigenvalue weighted by Gasteiger charge is 2.30. The number of nitrogens with two attached hydrogens (primary N) is 1. The van der Waals surface area contributed by atoms with Crippen LogP contribution in [-0.2, 0) is 6.18 Å². The minimum atomic E-state index is -4.43. The third-order valence-electron chi connectivity index (χ3n) is 3.41. The smallest absolute Gasteiger partial charge is 0.364 e. The fourth-order valence-corrected chi connectivity index (χ4v) is 2.18. The van der Waals surface area contributed by atoms with Crippen LogP contribution in [0, 0.1) is 0 Å². The Hall–Kier alpha value is -3.29. The summed E-state index contributed by atoms with van der Waals surface area (Å²) >= 11 is 0. The predicted molar refractivity (Wildman–Crippen MR) is 84.2 cm³/mol. The van der Waals surface area contributed by atoms with Gasteiger partial charge in [0.25, 0.3) is 5.91 Å². The van der Waals surface area contributed by atoms with Crippen LogP contribution in [0.4, 0.5) is 13.2 Å². The molecule has 0 bridgehead atoms. The number of carbonyl (C=O) groups excluding carboxylic acids is 1. The van der Waals surface area contributed by atoms with Crippen molar-refractivity contribution in [3.63, 3.8) is 0 Å². The lowest BCUT2D eigenvalue weighted by Crippen LogP contribution is -2.14. The Kier molecular flexibility index (Phi) is 4.18. The summed E-state index contributed by atoms with van der Waals surface area (Å²) in [4.78, 5) is 23.9. The molecule has 126 valence electrons. The molecule has 0 saturated carbocycles. The lowest BCUT2D eigenvalue weighted by atomic mass is 10.1. The van der Waals surface area contributed by atoms with Crippen LogP contribution in [-0.4, -0.2) is 20.9 Å². The van der Waals surface area contributed by atoms with Gasteiger partial charge in [0.15, 0.2) is 5.82 Å². The van der Waals surface area contributed by atoms with Crippen molar-refractivity contribution in [1.82, 2.24) is 15.0 Å². The van der Waals surface area contributed by atoms with E-state index >= 15 is 0 Å². The summed E-state index contributed by atoms with van der Waals surface area (Å²) in [7, 11) is 0. The topological polar surface area (TPSA) is 81.8 Å². The molecule has 0 radical (unpaired) electrons. The first-order valence-corrected chi connectivity index (χ1v) is 7.11. The van der Waals surface area contributed by atoms with E-state index in [0.29, 0.717) is 11.1 Å². The van der Waals surface area contributed by atoms with E-state index in [4.69, 9.17) is 5.73 Å². The number of nitrogens with zero attached hydrogens (tertiary/aromatic N) is 3. The molecule has 2 N–H and O–H groups in total. The molecule has 0 saturated heterocycles. The van der Waals surface area contributed by atoms with E-state index in [1.807, 2.05) is 0 Å². The molecule has 0 unspecified atom stereocenters. The van der Waals surface area contributed by atoms with E-state index in [1.54, 1.807) is 18.3 Å². The summed E-state index contributed by atoms with van der Waals surface area (Å²) < 4.78 is 38.1. The van der Waals surface area contributed by atoms with E-state index in [9.17, 15) is 18.0 Å². The van der Waals surface area contributed by atoms with Crippen LogP contribution >= 0.6 is 0 Å². The molecule has 3 rings (SSSR count). The SMILES string of the molecule is NC(=O)c1cc(-c2ccc(C(F)(F)F)cc2)nc(-c2cccnc2)n1. The van der Waals surface area contributed by atoms with Gasteiger partial charge >= 0.3 is 6.18 Å². The second-order valence-electron chi connectivity index (χ2n) is 5.14. The standard InChI is InChI=1S/C17H11F3N4O/c18-17(19,20)12-5-3-10(4-6-12)13-8-14(15(21)25)24-16(23-13)11-2-1-7-22-9-11/h1-9H,(H2,21,25). The maximum Gasteiger partial charge on any atom is 0.416 e. The molecular weight excluding hydrogens is 333 g/mol. The number of pyridine rings is 1. The first-order chi connectivity index (χ1) is 11.8. The molecule has 0 aliphatic rings. The number of aromatic nitrogens is 3. The van der Waals surface area contributed by atoms with Crippen LogP contribution in [0.15, 0.2) is 54.9 Å². The fourth-order valence-electron chi connectivity index (χ4n) is 2.18. The van der Waals surface area contributed by atoms with Gasteiger partial charge in [-0.15, -0.1) is 0 Å². The monoisotopic (exact) mass is 344 g/mol. The first-order valence-electron chi connectivity index (χ1n) is 7.11. The van der Waals surface area contributed by atoms with Crippen molar-refractivity contribution in [3.05, 3.63) is 66.1 Å². The molecule has 1 aromatic carbocycles. The van der Waals surface area contributed by atoms with Crippen molar-refractivity contribution in [2.24, 2.45) is 5.73 Å². The van der Waals surface area contributed by atoms with Crippen molar-refractivity contribution in [2.75, 3.05) is 0 Å². The summed E-state index contributed by atoms with van der Waals surface area (Å²) in [6.45, 7) is 0. The highest BCUT2D eigenvalue weighted by atomic mass is 19.4. The van der Waals surface area contributed by atoms with Gasteiger partial charge in [-0.05, 0) is 30.3 Å². The Morgan fingerprint density at radius 3 is 2.28 bits per heavy atom. The Balaban J connectivity index is 2.09. The molecule has 0 fully saturated rings. The fraction of sp³-hybridized carbons (Fsp3) is 0.0588. The average molecular weight is 344 g/mol. The van der Waals surface area contributed by atoms with Crippen LogP contribution in [0.25, 0.3) is 22.6 Å². The Morgan fingerprint density at radius 1 is 1.00 bits per heavy atom. The zero-order valence-corrected chi connectivity index (χ0v) is 12.7. The maximum atomic E-state index is 12.7. The summed E-state index contributed by atoms with van der Waals surface area (Å²) in [5.74, 6) is -0.556. The van der Waals surface area contributed by atoms with Gasteiger partial charge in [-0.25, -0.2) is 9.97 Å². The van der Waals surface area contributed by atoms with Crippen molar-refractivity contribution in [3.8, 4) is 22.6 Å². The number of alkyl halides is 3. The normalized spacial score (nSPS) is 11.3. The Morgan fingerprint density at radius 2 is 1.72 bits per heavy atom. The predicted octanol–water partition coefficient (Wildman–Crippen LogP) is 3.32. The van der Waals surface area contributed by atoms with Crippen LogP contribution in [0.1, 0.15) is 16.1 Å². The molecule has 0 aliphatic carbocycles. The number of halogens is 3. The largest absolute Gasteiger partial charge is 0.416 e. The second-order valence-corrected chi connectivity index (χ2v) is 5.14. The average Bonchev–Trinajstić information content (AvgIpc) is 2.61. The minimum Gasteiger partial charge on any atom is -0.364 e. The number of carbonyl (C=O) groups is 1. The lowest BCUT2D eigenvalue weighted by molar-refractivity contribution is -0.137. The van der Waals surface area contributed by atoms with Gasteiger partial charge < -0.3 is 5.73 Å². The highest BCUT2D eigenvalue weighted by molar-refractivity contribution is 5.92. The maximum absolute atomic E-state index is 12.7. The van der Waals surface area contributed by atoms with E-state index in [0.717, 1.165) is 12.1 Å². The second kappa shape index (κ2) is 6.31. The number of benzene rings is 1. The number of hydrogen-bond acceptors (Lipinski definition) is 4. The van der Waals surface area contributed by atoms with Gasteiger partial charge in [-0.2, -0.15) is 13.2 Å². The highest BCUT2D eigenvalue weighted by Crippen LogP contribution is 2.31. The van der Waals surface area contributed by atoms with Gasteiger partial charge in [0, 0.05) is 23.5 Å². The van der Waals surface area contributed by atoms with E-state index in [1.165, 1.54) is 24.4 Å². The number of hydrogen-bond donors (Lipinski definition) is 1. The van der Waals surface area contributed by atoms with Gasteiger partial charge in [0.2, 0.25) is 0 Å². The molecule has 3 aromatic rings. The van der Waals surface area contributed by atoms with E-state index < -0.39 is 17.6 Å². The number of primary amides is 1. The minimum absolute atomic E-state index is 0.0382. The molecule has 25 heavy (non-hydrogen) atoms. The number of amides is 1. The molecule has 2 aromatic heterocycles. The van der Waals surface area contributed by atoms with Gasteiger partial charge in [-0.3, -0.25) is 9.78 Å². The van der Waals surface area contributed by atoms with Gasteiger partial charge in [0.05, 0.1) is 11.3 Å². The zero-order chi connectivity index (χ0) is 18.0. The summed E-state index contributed by atoms with van der Waals surface area (Å²) in [6, 6.07) is 9.17. The van der Waals surface area contributed by atoms with Crippen molar-refractivity contribution < 1.29 is 18.0 Å². The molecule has 0 spiro atoms. The van der Waals surface area contributed by atoms with E-state index in [2.05, 4.69) is 15.0 Å². The summed E-state index contributed by atoms with van der Waals surface area (Å²) in [5, 5.41) is 0. The molecule has 1 amide bonds. The quantitative estimate of drug-likeness (QED) is 0.790. The van der Waals surface area contributed by atoms with Crippen LogP contribution in [0.5, 0.6) is 0 Å². The molecule has 2 heterocycles. The third-order valence-corrected chi connectivity index (χ3v) is 3.41. The summed E-state index contributed by atoms with van der Waals surface area (Å²) in [6.07, 6.45) is -1.35. The van der Waals surface area contributed by atoms with E-state index in [-0.39, 0.29) is 17.2 Å². The lowest BCUT2D eigenvalue weighted by Gasteiger charge is -2.09. The zero-order valence-electron chi connectivity index (χ0n) is 12.7.